The van der Waals surface area contributed by atoms with Crippen LogP contribution in [-0.4, -0.2) is 6.54 Å². The van der Waals surface area contributed by atoms with Crippen molar-refractivity contribution in [2.75, 3.05) is 6.54 Å². The monoisotopic (exact) mass is 321 g/mol. The van der Waals surface area contributed by atoms with E-state index in [1.54, 1.807) is 0 Å². The third-order valence-electron chi connectivity index (χ3n) is 3.78. The summed E-state index contributed by atoms with van der Waals surface area (Å²) in [5, 5.41) is 4.99. The molecular formula is C18H21Cl2N. The van der Waals surface area contributed by atoms with Gasteiger partial charge in [-0.25, -0.2) is 0 Å². The molecule has 0 amide bonds. The fourth-order valence-electron chi connectivity index (χ4n) is 2.81. The second-order valence-corrected chi connectivity index (χ2v) is 6.20. The van der Waals surface area contributed by atoms with Crippen LogP contribution in [0.2, 0.25) is 10.0 Å². The van der Waals surface area contributed by atoms with Crippen LogP contribution in [0.15, 0.2) is 36.4 Å². The summed E-state index contributed by atoms with van der Waals surface area (Å²) < 4.78 is 0. The topological polar surface area (TPSA) is 12.0 Å². The first-order valence-corrected chi connectivity index (χ1v) is 8.02. The van der Waals surface area contributed by atoms with Gasteiger partial charge in [0.05, 0.1) is 0 Å². The third kappa shape index (κ3) is 4.00. The first-order chi connectivity index (χ1) is 10.0. The molecule has 0 saturated heterocycles. The van der Waals surface area contributed by atoms with Gasteiger partial charge in [0.15, 0.2) is 0 Å². The van der Waals surface area contributed by atoms with E-state index in [9.17, 15) is 0 Å². The van der Waals surface area contributed by atoms with Crippen LogP contribution < -0.4 is 5.32 Å². The molecule has 0 radical (unpaired) electrons. The first kappa shape index (κ1) is 16.4. The SMILES string of the molecule is CCNC(Cc1ccc(Cl)cc1Cl)c1c(C)cccc1C. The summed E-state index contributed by atoms with van der Waals surface area (Å²) in [5.74, 6) is 0. The molecule has 0 aliphatic carbocycles. The lowest BCUT2D eigenvalue weighted by molar-refractivity contribution is 0.545. The van der Waals surface area contributed by atoms with Gasteiger partial charge in [0, 0.05) is 16.1 Å². The Hall–Kier alpha value is -1.02. The Kier molecular flexibility index (Phi) is 5.69. The van der Waals surface area contributed by atoms with E-state index in [0.717, 1.165) is 23.6 Å². The molecule has 112 valence electrons. The van der Waals surface area contributed by atoms with Gasteiger partial charge in [-0.1, -0.05) is 54.4 Å². The van der Waals surface area contributed by atoms with Crippen molar-refractivity contribution in [1.82, 2.24) is 5.32 Å². The molecule has 1 nitrogen and oxygen atoms in total. The quantitative estimate of drug-likeness (QED) is 0.766. The van der Waals surface area contributed by atoms with E-state index in [1.807, 2.05) is 18.2 Å². The summed E-state index contributed by atoms with van der Waals surface area (Å²) in [6, 6.07) is 12.4. The van der Waals surface area contributed by atoms with E-state index in [4.69, 9.17) is 23.2 Å². The van der Waals surface area contributed by atoms with Crippen molar-refractivity contribution in [2.45, 2.75) is 33.2 Å². The molecule has 2 aromatic rings. The number of rotatable bonds is 5. The van der Waals surface area contributed by atoms with Gasteiger partial charge in [0.25, 0.3) is 0 Å². The Morgan fingerprint density at radius 3 is 2.29 bits per heavy atom. The van der Waals surface area contributed by atoms with Crippen molar-refractivity contribution in [1.29, 1.82) is 0 Å². The Morgan fingerprint density at radius 2 is 1.71 bits per heavy atom. The van der Waals surface area contributed by atoms with Crippen molar-refractivity contribution in [3.8, 4) is 0 Å². The highest BCUT2D eigenvalue weighted by Crippen LogP contribution is 2.29. The Bertz CT molecular complexity index is 602. The molecule has 0 aliphatic heterocycles. The second-order valence-electron chi connectivity index (χ2n) is 5.36. The zero-order valence-electron chi connectivity index (χ0n) is 12.7. The van der Waals surface area contributed by atoms with Gasteiger partial charge >= 0.3 is 0 Å². The number of hydrogen-bond donors (Lipinski definition) is 1. The van der Waals surface area contributed by atoms with Crippen molar-refractivity contribution in [3.63, 3.8) is 0 Å². The summed E-state index contributed by atoms with van der Waals surface area (Å²) >= 11 is 12.3. The van der Waals surface area contributed by atoms with E-state index in [0.29, 0.717) is 5.02 Å². The summed E-state index contributed by atoms with van der Waals surface area (Å²) in [6.45, 7) is 7.38. The molecule has 1 N–H and O–H groups in total. The van der Waals surface area contributed by atoms with E-state index in [2.05, 4.69) is 44.3 Å². The van der Waals surface area contributed by atoms with Crippen molar-refractivity contribution in [3.05, 3.63) is 68.7 Å². The van der Waals surface area contributed by atoms with Crippen LogP contribution in [0.5, 0.6) is 0 Å². The fraction of sp³-hybridized carbons (Fsp3) is 0.333. The summed E-state index contributed by atoms with van der Waals surface area (Å²) in [7, 11) is 0. The smallest absolute Gasteiger partial charge is 0.0453 e. The third-order valence-corrected chi connectivity index (χ3v) is 4.37. The molecule has 2 rings (SSSR count). The molecule has 0 fully saturated rings. The normalized spacial score (nSPS) is 12.4. The zero-order valence-corrected chi connectivity index (χ0v) is 14.2. The molecule has 1 unspecified atom stereocenters. The lowest BCUT2D eigenvalue weighted by Gasteiger charge is -2.23. The van der Waals surface area contributed by atoms with E-state index < -0.39 is 0 Å². The van der Waals surface area contributed by atoms with Gasteiger partial charge in [0.2, 0.25) is 0 Å². The molecule has 21 heavy (non-hydrogen) atoms. The molecule has 0 spiro atoms. The maximum atomic E-state index is 6.33. The van der Waals surface area contributed by atoms with Crippen LogP contribution in [0.25, 0.3) is 0 Å². The molecule has 0 heterocycles. The highest BCUT2D eigenvalue weighted by Gasteiger charge is 2.17. The predicted octanol–water partition coefficient (Wildman–Crippen LogP) is 5.50. The van der Waals surface area contributed by atoms with E-state index >= 15 is 0 Å². The van der Waals surface area contributed by atoms with Crippen LogP contribution in [0.3, 0.4) is 0 Å². The number of benzene rings is 2. The standard InChI is InChI=1S/C18H21Cl2N/c1-4-21-17(18-12(2)6-5-7-13(18)3)10-14-8-9-15(19)11-16(14)20/h5-9,11,17,21H,4,10H2,1-3H3. The average molecular weight is 322 g/mol. The highest BCUT2D eigenvalue weighted by molar-refractivity contribution is 6.35. The van der Waals surface area contributed by atoms with Crippen LogP contribution >= 0.6 is 23.2 Å². The zero-order chi connectivity index (χ0) is 15.4. The Balaban J connectivity index is 2.35. The Morgan fingerprint density at radius 1 is 1.05 bits per heavy atom. The van der Waals surface area contributed by atoms with Crippen molar-refractivity contribution in [2.24, 2.45) is 0 Å². The minimum Gasteiger partial charge on any atom is -0.310 e. The molecule has 1 atom stereocenters. The minimum absolute atomic E-state index is 0.259. The van der Waals surface area contributed by atoms with Gasteiger partial charge < -0.3 is 5.32 Å². The van der Waals surface area contributed by atoms with Crippen LogP contribution in [0.4, 0.5) is 0 Å². The molecule has 0 aliphatic rings. The van der Waals surface area contributed by atoms with Crippen LogP contribution in [0.1, 0.15) is 35.2 Å². The number of likely N-dealkylation sites (N-methyl/N-ethyl adjacent to an activating group) is 1. The second kappa shape index (κ2) is 7.31. The molecule has 3 heteroatoms. The molecule has 0 aromatic heterocycles. The number of nitrogens with one attached hydrogen (secondary N) is 1. The number of halogens is 2. The summed E-state index contributed by atoms with van der Waals surface area (Å²) in [4.78, 5) is 0. The summed E-state index contributed by atoms with van der Waals surface area (Å²) in [5.41, 5.74) is 5.11. The van der Waals surface area contributed by atoms with Gasteiger partial charge in [-0.3, -0.25) is 0 Å². The van der Waals surface area contributed by atoms with E-state index in [1.165, 1.54) is 16.7 Å². The molecule has 0 saturated carbocycles. The van der Waals surface area contributed by atoms with Crippen LogP contribution in [-0.2, 0) is 6.42 Å². The van der Waals surface area contributed by atoms with Gasteiger partial charge in [-0.05, 0) is 61.2 Å². The Labute approximate surface area is 137 Å². The largest absolute Gasteiger partial charge is 0.310 e. The molecule has 2 aromatic carbocycles. The maximum absolute atomic E-state index is 6.33. The summed E-state index contributed by atoms with van der Waals surface area (Å²) in [6.07, 6.45) is 0.857. The van der Waals surface area contributed by atoms with Crippen molar-refractivity contribution < 1.29 is 0 Å². The predicted molar refractivity (Wildman–Crippen MR) is 92.5 cm³/mol. The lowest BCUT2D eigenvalue weighted by atomic mass is 9.91. The van der Waals surface area contributed by atoms with Gasteiger partial charge in [-0.2, -0.15) is 0 Å². The highest BCUT2D eigenvalue weighted by atomic mass is 35.5. The fourth-order valence-corrected chi connectivity index (χ4v) is 3.29. The average Bonchev–Trinajstić information content (AvgIpc) is 2.41. The van der Waals surface area contributed by atoms with E-state index in [-0.39, 0.29) is 6.04 Å². The van der Waals surface area contributed by atoms with Crippen LogP contribution in [0, 0.1) is 13.8 Å². The van der Waals surface area contributed by atoms with Crippen molar-refractivity contribution >= 4 is 23.2 Å². The number of hydrogen-bond acceptors (Lipinski definition) is 1. The van der Waals surface area contributed by atoms with Gasteiger partial charge in [0.1, 0.15) is 0 Å². The lowest BCUT2D eigenvalue weighted by Crippen LogP contribution is -2.24. The first-order valence-electron chi connectivity index (χ1n) is 7.26. The maximum Gasteiger partial charge on any atom is 0.0453 e. The van der Waals surface area contributed by atoms with Gasteiger partial charge in [-0.15, -0.1) is 0 Å². The molecular weight excluding hydrogens is 301 g/mol. The number of aryl methyl sites for hydroxylation is 2. The minimum atomic E-state index is 0.259. The molecule has 0 bridgehead atoms.